The minimum Gasteiger partial charge on any atom is -0.342 e. The fraction of sp³-hybridized carbons (Fsp3) is 0.269. The number of carbonyl (C=O) groups excluding carboxylic acids is 2. The van der Waals surface area contributed by atoms with Gasteiger partial charge >= 0.3 is 0 Å². The second-order valence-electron chi connectivity index (χ2n) is 8.12. The molecule has 2 heterocycles. The Kier molecular flexibility index (Phi) is 10.3. The highest BCUT2D eigenvalue weighted by atomic mass is 32.2. The Morgan fingerprint density at radius 1 is 1.19 bits per heavy atom. The minimum absolute atomic E-state index is 0.0488. The molecular formula is C26H31N7O2S. The smallest absolute Gasteiger partial charge is 0.233 e. The van der Waals surface area contributed by atoms with Crippen molar-refractivity contribution in [1.82, 2.24) is 4.90 Å². The molecule has 2 aliphatic rings. The molecule has 0 aromatic heterocycles. The summed E-state index contributed by atoms with van der Waals surface area (Å²) >= 11 is 1.11. The fourth-order valence-electron chi connectivity index (χ4n) is 3.92. The molecule has 36 heavy (non-hydrogen) atoms. The normalized spacial score (nSPS) is 16.1. The molecule has 2 aromatic carbocycles. The van der Waals surface area contributed by atoms with Gasteiger partial charge in [0.05, 0.1) is 22.8 Å². The van der Waals surface area contributed by atoms with Gasteiger partial charge in [0.1, 0.15) is 0 Å². The zero-order valence-electron chi connectivity index (χ0n) is 20.2. The van der Waals surface area contributed by atoms with E-state index in [2.05, 4.69) is 28.4 Å². The van der Waals surface area contributed by atoms with Gasteiger partial charge in [-0.3, -0.25) is 15.0 Å². The summed E-state index contributed by atoms with van der Waals surface area (Å²) in [4.78, 5) is 26.5. The third-order valence-electron chi connectivity index (χ3n) is 5.74. The lowest BCUT2D eigenvalue weighted by Gasteiger charge is -2.22. The van der Waals surface area contributed by atoms with Gasteiger partial charge in [-0.1, -0.05) is 59.5 Å². The second-order valence-corrected chi connectivity index (χ2v) is 9.08. The highest BCUT2D eigenvalue weighted by molar-refractivity contribution is 8.14. The molecule has 9 nitrogen and oxygen atoms in total. The van der Waals surface area contributed by atoms with Gasteiger partial charge in [-0.05, 0) is 50.1 Å². The van der Waals surface area contributed by atoms with E-state index >= 15 is 0 Å². The van der Waals surface area contributed by atoms with Crippen LogP contribution in [0.15, 0.2) is 84.2 Å². The van der Waals surface area contributed by atoms with Crippen molar-refractivity contribution in [3.63, 3.8) is 0 Å². The van der Waals surface area contributed by atoms with Crippen LogP contribution < -0.4 is 15.2 Å². The van der Waals surface area contributed by atoms with Gasteiger partial charge in [-0.15, -0.1) is 0 Å². The van der Waals surface area contributed by atoms with E-state index in [4.69, 9.17) is 10.9 Å². The van der Waals surface area contributed by atoms with E-state index < -0.39 is 0 Å². The van der Waals surface area contributed by atoms with Crippen molar-refractivity contribution in [2.45, 2.75) is 25.8 Å². The molecule has 3 N–H and O–H groups in total. The Labute approximate surface area is 215 Å². The van der Waals surface area contributed by atoms with E-state index in [9.17, 15) is 9.59 Å². The molecule has 0 spiro atoms. The van der Waals surface area contributed by atoms with Crippen LogP contribution in [0, 0.1) is 10.9 Å². The SMILES string of the molecule is C[C@@H]1CCCN1C(=O)CSC(=N)N(N=N)c1ccccc1.O=CNc1ccccc1N1C=CC=CC1. The van der Waals surface area contributed by atoms with Gasteiger partial charge in [0.25, 0.3) is 0 Å². The van der Waals surface area contributed by atoms with Crippen molar-refractivity contribution < 1.29 is 9.59 Å². The van der Waals surface area contributed by atoms with Gasteiger partial charge in [-0.25, -0.2) is 0 Å². The predicted molar refractivity (Wildman–Crippen MR) is 146 cm³/mol. The zero-order valence-corrected chi connectivity index (χ0v) is 21.0. The molecule has 2 amide bonds. The van der Waals surface area contributed by atoms with Crippen molar-refractivity contribution in [3.05, 3.63) is 79.0 Å². The van der Waals surface area contributed by atoms with Crippen LogP contribution in [0.2, 0.25) is 0 Å². The van der Waals surface area contributed by atoms with Crippen LogP contribution in [0.1, 0.15) is 19.8 Å². The van der Waals surface area contributed by atoms with Crippen molar-refractivity contribution in [3.8, 4) is 0 Å². The Hall–Kier alpha value is -3.92. The van der Waals surface area contributed by atoms with Gasteiger partial charge in [-0.2, -0.15) is 10.5 Å². The lowest BCUT2D eigenvalue weighted by molar-refractivity contribution is -0.128. The molecule has 1 fully saturated rings. The van der Waals surface area contributed by atoms with Crippen LogP contribution in [0.5, 0.6) is 0 Å². The lowest BCUT2D eigenvalue weighted by atomic mass is 10.2. The maximum Gasteiger partial charge on any atom is 0.233 e. The number of para-hydroxylation sites is 3. The standard InChI is InChI=1S/C14H19N5OS.C12H12N2O/c1-11-6-5-9-18(11)13(20)10-21-14(15)19(17-16)12-7-3-2-4-8-12;15-10-13-11-6-2-3-7-12(11)14-8-4-1-5-9-14/h2-4,7-8,11,15-16H,5-6,9-10H2,1H3;1-8,10H,9H2,(H,13,15)/t11-;/m1./s1. The summed E-state index contributed by atoms with van der Waals surface area (Å²) < 4.78 is 0. The van der Waals surface area contributed by atoms with Gasteiger partial charge in [0.2, 0.25) is 12.3 Å². The molecule has 0 saturated carbocycles. The van der Waals surface area contributed by atoms with Gasteiger partial charge in [0, 0.05) is 25.3 Å². The summed E-state index contributed by atoms with van der Waals surface area (Å²) in [5.41, 5.74) is 9.69. The number of likely N-dealkylation sites (tertiary alicyclic amines) is 1. The van der Waals surface area contributed by atoms with E-state index in [-0.39, 0.29) is 16.8 Å². The largest absolute Gasteiger partial charge is 0.342 e. The summed E-state index contributed by atoms with van der Waals surface area (Å²) in [7, 11) is 0. The molecule has 4 rings (SSSR count). The van der Waals surface area contributed by atoms with Crippen LogP contribution in [-0.4, -0.2) is 47.3 Å². The number of hydrogen-bond acceptors (Lipinski definition) is 7. The summed E-state index contributed by atoms with van der Waals surface area (Å²) in [6.45, 7) is 3.68. The molecule has 188 valence electrons. The third-order valence-corrected chi connectivity index (χ3v) is 6.58. The maximum atomic E-state index is 12.1. The van der Waals surface area contributed by atoms with E-state index in [1.54, 1.807) is 12.1 Å². The maximum absolute atomic E-state index is 12.1. The average molecular weight is 506 g/mol. The topological polar surface area (TPSA) is 116 Å². The van der Waals surface area contributed by atoms with Crippen LogP contribution in [0.3, 0.4) is 0 Å². The monoisotopic (exact) mass is 505 g/mol. The Bertz CT molecular complexity index is 1110. The number of hydrogen-bond donors (Lipinski definition) is 3. The summed E-state index contributed by atoms with van der Waals surface area (Å²) in [6, 6.07) is 17.1. The summed E-state index contributed by atoms with van der Waals surface area (Å²) in [5.74, 6) is 0.259. The molecule has 0 bridgehead atoms. The van der Waals surface area contributed by atoms with Crippen molar-refractivity contribution >= 4 is 46.3 Å². The number of amidine groups is 1. The van der Waals surface area contributed by atoms with Crippen molar-refractivity contribution in [2.75, 3.05) is 34.1 Å². The van der Waals surface area contributed by atoms with Crippen LogP contribution in [0.4, 0.5) is 17.1 Å². The summed E-state index contributed by atoms with van der Waals surface area (Å²) in [6.07, 6.45) is 10.8. The number of benzene rings is 2. The first kappa shape index (κ1) is 26.7. The number of carbonyl (C=O) groups is 2. The Balaban J connectivity index is 0.000000212. The number of anilines is 3. The lowest BCUT2D eigenvalue weighted by Crippen LogP contribution is -2.35. The average Bonchev–Trinajstić information content (AvgIpc) is 3.36. The molecular weight excluding hydrogens is 474 g/mol. The summed E-state index contributed by atoms with van der Waals surface area (Å²) in [5, 5.41) is 15.4. The zero-order chi connectivity index (χ0) is 25.8. The number of amides is 2. The van der Waals surface area contributed by atoms with Crippen molar-refractivity contribution in [1.29, 1.82) is 10.9 Å². The minimum atomic E-state index is 0.0488. The Morgan fingerprint density at radius 3 is 2.58 bits per heavy atom. The highest BCUT2D eigenvalue weighted by Crippen LogP contribution is 2.26. The highest BCUT2D eigenvalue weighted by Gasteiger charge is 2.25. The van der Waals surface area contributed by atoms with E-state index in [0.717, 1.165) is 49.1 Å². The van der Waals surface area contributed by atoms with Crippen LogP contribution in [0.25, 0.3) is 0 Å². The molecule has 0 unspecified atom stereocenters. The van der Waals surface area contributed by atoms with Crippen LogP contribution in [-0.2, 0) is 9.59 Å². The number of thioether (sulfide) groups is 1. The molecule has 0 radical (unpaired) electrons. The first-order valence-corrected chi connectivity index (χ1v) is 12.7. The number of rotatable bonds is 7. The number of nitrogens with zero attached hydrogens (tertiary/aromatic N) is 4. The molecule has 10 heteroatoms. The molecule has 2 aromatic rings. The molecule has 1 saturated heterocycles. The van der Waals surface area contributed by atoms with E-state index in [1.165, 1.54) is 5.01 Å². The third kappa shape index (κ3) is 7.29. The second kappa shape index (κ2) is 13.8. The molecule has 2 aliphatic heterocycles. The Morgan fingerprint density at radius 2 is 1.94 bits per heavy atom. The first-order chi connectivity index (χ1) is 17.5. The number of nitrogens with one attached hydrogen (secondary N) is 3. The van der Waals surface area contributed by atoms with Gasteiger partial charge in [0.15, 0.2) is 5.17 Å². The fourth-order valence-corrected chi connectivity index (χ4v) is 4.62. The number of allylic oxidation sites excluding steroid dienone is 2. The van der Waals surface area contributed by atoms with Crippen molar-refractivity contribution in [2.24, 2.45) is 5.22 Å². The predicted octanol–water partition coefficient (Wildman–Crippen LogP) is 5.26. The van der Waals surface area contributed by atoms with E-state index in [1.807, 2.05) is 65.7 Å². The molecule has 1 atom stereocenters. The van der Waals surface area contributed by atoms with E-state index in [0.29, 0.717) is 18.1 Å². The molecule has 0 aliphatic carbocycles. The van der Waals surface area contributed by atoms with Crippen LogP contribution >= 0.6 is 11.8 Å². The van der Waals surface area contributed by atoms with Gasteiger partial charge < -0.3 is 15.1 Å². The first-order valence-electron chi connectivity index (χ1n) is 11.7. The quantitative estimate of drug-likeness (QED) is 0.156.